The molecule has 4 aromatic carbocycles. The monoisotopic (exact) mass is 464 g/mol. The van der Waals surface area contributed by atoms with Gasteiger partial charge in [0.2, 0.25) is 5.71 Å². The Labute approximate surface area is 208 Å². The van der Waals surface area contributed by atoms with Gasteiger partial charge >= 0.3 is 0 Å². The SMILES string of the molecule is c1ccc(-c2cccc([N+]3=NN=C(c4ccc(-n5c6ccccc6c6ccccc65)cc4)C3)c2)nc1. The molecule has 5 nitrogen and oxygen atoms in total. The number of hydrogen-bond acceptors (Lipinski definition) is 3. The molecule has 7 rings (SSSR count). The van der Waals surface area contributed by atoms with E-state index in [2.05, 4.69) is 111 Å². The van der Waals surface area contributed by atoms with Crippen molar-refractivity contribution in [1.82, 2.24) is 9.55 Å². The Bertz CT molecular complexity index is 1740. The molecule has 0 saturated heterocycles. The van der Waals surface area contributed by atoms with Gasteiger partial charge in [-0.3, -0.25) is 4.98 Å². The van der Waals surface area contributed by atoms with Crippen molar-refractivity contribution in [3.8, 4) is 16.9 Å². The highest BCUT2D eigenvalue weighted by Gasteiger charge is 2.24. The van der Waals surface area contributed by atoms with Crippen molar-refractivity contribution in [3.05, 3.63) is 127 Å². The number of rotatable bonds is 4. The molecule has 1 aliphatic heterocycles. The van der Waals surface area contributed by atoms with Gasteiger partial charge in [-0.1, -0.05) is 54.6 Å². The molecule has 0 saturated carbocycles. The number of benzene rings is 4. The highest BCUT2D eigenvalue weighted by Crippen LogP contribution is 2.32. The Balaban J connectivity index is 1.17. The third kappa shape index (κ3) is 3.41. The topological polar surface area (TPSA) is 45.5 Å². The molecule has 5 heteroatoms. The standard InChI is InChI=1S/C31H22N5/c1-3-13-30-26(10-1)27-11-2-4-14-31(27)36(30)24-17-15-22(16-18-24)29-21-35(34-33-29)25-9-7-8-23(20-25)28-12-5-6-19-32-28/h1-20H,21H2/q+1. The smallest absolute Gasteiger partial charge is 0.231 e. The van der Waals surface area contributed by atoms with Crippen LogP contribution < -0.4 is 0 Å². The third-order valence-corrected chi connectivity index (χ3v) is 6.72. The lowest BCUT2D eigenvalue weighted by Crippen LogP contribution is -2.11. The first-order chi connectivity index (χ1) is 17.8. The Morgan fingerprint density at radius 1 is 0.639 bits per heavy atom. The minimum atomic E-state index is 0.625. The predicted molar refractivity (Wildman–Crippen MR) is 144 cm³/mol. The number of fused-ring (bicyclic) bond motifs is 3. The fourth-order valence-electron chi connectivity index (χ4n) is 4.97. The van der Waals surface area contributed by atoms with E-state index in [1.54, 1.807) is 0 Å². The molecular weight excluding hydrogens is 442 g/mol. The molecule has 0 fully saturated rings. The van der Waals surface area contributed by atoms with Crippen molar-refractivity contribution in [1.29, 1.82) is 0 Å². The Hall–Kier alpha value is -4.90. The minimum absolute atomic E-state index is 0.625. The quantitative estimate of drug-likeness (QED) is 0.251. The number of nitrogens with zero attached hydrogens (tertiary/aromatic N) is 5. The lowest BCUT2D eigenvalue weighted by atomic mass is 10.1. The van der Waals surface area contributed by atoms with Gasteiger partial charge in [0.15, 0.2) is 12.2 Å². The van der Waals surface area contributed by atoms with Crippen LogP contribution in [0.25, 0.3) is 38.8 Å². The van der Waals surface area contributed by atoms with Crippen molar-refractivity contribution in [3.63, 3.8) is 0 Å². The van der Waals surface area contributed by atoms with Gasteiger partial charge in [-0.2, -0.15) is 0 Å². The van der Waals surface area contributed by atoms with E-state index in [9.17, 15) is 0 Å². The third-order valence-electron chi connectivity index (χ3n) is 6.72. The maximum absolute atomic E-state index is 4.50. The van der Waals surface area contributed by atoms with Crippen LogP contribution in [-0.2, 0) is 0 Å². The molecular formula is C31H22N5+. The summed E-state index contributed by atoms with van der Waals surface area (Å²) < 4.78 is 4.26. The predicted octanol–water partition coefficient (Wildman–Crippen LogP) is 7.36. The highest BCUT2D eigenvalue weighted by atomic mass is 15.5. The average molecular weight is 465 g/mol. The van der Waals surface area contributed by atoms with Crippen LogP contribution in [0.15, 0.2) is 132 Å². The second-order valence-electron chi connectivity index (χ2n) is 8.88. The molecule has 0 N–H and O–H groups in total. The molecule has 1 aliphatic rings. The van der Waals surface area contributed by atoms with Crippen molar-refractivity contribution in [2.75, 3.05) is 6.54 Å². The van der Waals surface area contributed by atoms with Crippen molar-refractivity contribution in [2.24, 2.45) is 10.3 Å². The summed E-state index contributed by atoms with van der Waals surface area (Å²) >= 11 is 0. The van der Waals surface area contributed by atoms with E-state index in [1.807, 2.05) is 35.2 Å². The van der Waals surface area contributed by atoms with Gasteiger partial charge in [0, 0.05) is 33.8 Å². The molecule has 3 heterocycles. The summed E-state index contributed by atoms with van der Waals surface area (Å²) in [6.07, 6.45) is 1.81. The van der Waals surface area contributed by atoms with Crippen LogP contribution in [0.4, 0.5) is 5.69 Å². The first-order valence-electron chi connectivity index (χ1n) is 12.0. The summed E-state index contributed by atoms with van der Waals surface area (Å²) in [5.41, 5.74) is 8.58. The van der Waals surface area contributed by atoms with Crippen LogP contribution in [0.3, 0.4) is 0 Å². The summed E-state index contributed by atoms with van der Waals surface area (Å²) in [7, 11) is 0. The number of aromatic nitrogens is 2. The molecule has 36 heavy (non-hydrogen) atoms. The Morgan fingerprint density at radius 3 is 2.08 bits per heavy atom. The van der Waals surface area contributed by atoms with E-state index in [0.29, 0.717) is 6.54 Å². The van der Waals surface area contributed by atoms with Crippen LogP contribution in [0.2, 0.25) is 0 Å². The van der Waals surface area contributed by atoms with Crippen LogP contribution >= 0.6 is 0 Å². The first-order valence-corrected chi connectivity index (χ1v) is 12.0. The maximum atomic E-state index is 4.50. The summed E-state index contributed by atoms with van der Waals surface area (Å²) in [4.78, 5) is 4.47. The highest BCUT2D eigenvalue weighted by molar-refractivity contribution is 6.09. The van der Waals surface area contributed by atoms with E-state index in [-0.39, 0.29) is 0 Å². The van der Waals surface area contributed by atoms with E-state index < -0.39 is 0 Å². The lowest BCUT2D eigenvalue weighted by molar-refractivity contribution is -0.492. The molecule has 0 atom stereocenters. The normalized spacial score (nSPS) is 13.2. The zero-order valence-electron chi connectivity index (χ0n) is 19.5. The van der Waals surface area contributed by atoms with Gasteiger partial charge in [0.25, 0.3) is 0 Å². The minimum Gasteiger partial charge on any atom is -0.309 e. The fraction of sp³-hybridized carbons (Fsp3) is 0.0323. The van der Waals surface area contributed by atoms with E-state index in [1.165, 1.54) is 21.8 Å². The molecule has 0 amide bonds. The van der Waals surface area contributed by atoms with Crippen LogP contribution in [-0.4, -0.2) is 26.5 Å². The van der Waals surface area contributed by atoms with Gasteiger partial charge in [-0.25, -0.2) is 0 Å². The zero-order chi connectivity index (χ0) is 23.9. The molecule has 0 bridgehead atoms. The molecule has 2 aromatic heterocycles. The summed E-state index contributed by atoms with van der Waals surface area (Å²) in [5, 5.41) is 11.5. The second kappa shape index (κ2) is 8.40. The number of pyridine rings is 1. The van der Waals surface area contributed by atoms with Crippen LogP contribution in [0, 0.1) is 0 Å². The summed E-state index contributed by atoms with van der Waals surface area (Å²) in [6.45, 7) is 0.625. The molecule has 0 unspecified atom stereocenters. The molecule has 170 valence electrons. The number of para-hydroxylation sites is 2. The largest absolute Gasteiger partial charge is 0.309 e. The molecule has 0 radical (unpaired) electrons. The van der Waals surface area contributed by atoms with Gasteiger partial charge < -0.3 is 4.57 Å². The fourth-order valence-corrected chi connectivity index (χ4v) is 4.97. The summed E-state index contributed by atoms with van der Waals surface area (Å²) in [5.74, 6) is 0. The average Bonchev–Trinajstić information content (AvgIpc) is 3.58. The zero-order valence-corrected chi connectivity index (χ0v) is 19.5. The lowest BCUT2D eigenvalue weighted by Gasteiger charge is -2.08. The van der Waals surface area contributed by atoms with Crippen molar-refractivity contribution < 1.29 is 4.70 Å². The molecule has 0 spiro atoms. The van der Waals surface area contributed by atoms with Crippen LogP contribution in [0.5, 0.6) is 0 Å². The van der Waals surface area contributed by atoms with E-state index in [0.717, 1.165) is 33.9 Å². The van der Waals surface area contributed by atoms with Crippen molar-refractivity contribution >= 4 is 33.2 Å². The van der Waals surface area contributed by atoms with Gasteiger partial charge in [-0.15, -0.1) is 4.70 Å². The summed E-state index contributed by atoms with van der Waals surface area (Å²) in [6, 6.07) is 39.9. The molecule has 6 aromatic rings. The van der Waals surface area contributed by atoms with Crippen LogP contribution in [0.1, 0.15) is 5.56 Å². The maximum Gasteiger partial charge on any atom is 0.231 e. The van der Waals surface area contributed by atoms with E-state index in [4.69, 9.17) is 0 Å². The Morgan fingerprint density at radius 2 is 1.36 bits per heavy atom. The Kier molecular flexibility index (Phi) is 4.77. The van der Waals surface area contributed by atoms with Gasteiger partial charge in [-0.05, 0) is 60.7 Å². The van der Waals surface area contributed by atoms with Gasteiger partial charge in [0.05, 0.1) is 21.8 Å². The van der Waals surface area contributed by atoms with E-state index >= 15 is 0 Å². The molecule has 0 aliphatic carbocycles. The number of hydrogen-bond donors (Lipinski definition) is 0. The first kappa shape index (κ1) is 20.5. The second-order valence-corrected chi connectivity index (χ2v) is 8.88. The van der Waals surface area contributed by atoms with Crippen molar-refractivity contribution in [2.45, 2.75) is 0 Å². The van der Waals surface area contributed by atoms with Gasteiger partial charge in [0.1, 0.15) is 5.22 Å².